The molecule has 2 saturated carbocycles. The zero-order valence-electron chi connectivity index (χ0n) is 11.5. The lowest BCUT2D eigenvalue weighted by Crippen LogP contribution is -2.31. The summed E-state index contributed by atoms with van der Waals surface area (Å²) in [6.45, 7) is 10.0. The summed E-state index contributed by atoms with van der Waals surface area (Å²) < 4.78 is 0. The smallest absolute Gasteiger partial charge is 0.0490 e. The third-order valence-corrected chi connectivity index (χ3v) is 6.24. The molecule has 94 valence electrons. The maximum Gasteiger partial charge on any atom is 0.0490 e. The first-order valence-electron chi connectivity index (χ1n) is 7.00. The molecule has 0 radical (unpaired) electrons. The minimum atomic E-state index is 0.307. The molecule has 0 saturated heterocycles. The van der Waals surface area contributed by atoms with E-state index in [0.717, 1.165) is 12.3 Å². The van der Waals surface area contributed by atoms with Gasteiger partial charge in [-0.15, -0.1) is 0 Å². The summed E-state index contributed by atoms with van der Waals surface area (Å²) in [5, 5.41) is 9.51. The van der Waals surface area contributed by atoms with Crippen LogP contribution in [0.2, 0.25) is 0 Å². The van der Waals surface area contributed by atoms with Crippen molar-refractivity contribution in [3.8, 4) is 0 Å². The number of hydrogen-bond acceptors (Lipinski definition) is 1. The molecule has 3 unspecified atom stereocenters. The van der Waals surface area contributed by atoms with Gasteiger partial charge >= 0.3 is 0 Å². The summed E-state index contributed by atoms with van der Waals surface area (Å²) in [6, 6.07) is 0. The molecule has 0 aliphatic heterocycles. The molecule has 16 heavy (non-hydrogen) atoms. The van der Waals surface area contributed by atoms with Crippen molar-refractivity contribution < 1.29 is 5.11 Å². The van der Waals surface area contributed by atoms with Crippen LogP contribution in [-0.2, 0) is 0 Å². The van der Waals surface area contributed by atoms with Gasteiger partial charge in [0.1, 0.15) is 0 Å². The highest BCUT2D eigenvalue weighted by molar-refractivity contribution is 5.06. The number of aliphatic hydroxyl groups excluding tert-OH is 1. The van der Waals surface area contributed by atoms with Gasteiger partial charge in [-0.2, -0.15) is 0 Å². The van der Waals surface area contributed by atoms with Gasteiger partial charge in [0.25, 0.3) is 0 Å². The van der Waals surface area contributed by atoms with Crippen LogP contribution in [0.5, 0.6) is 0 Å². The van der Waals surface area contributed by atoms with Crippen molar-refractivity contribution >= 4 is 0 Å². The fourth-order valence-electron chi connectivity index (χ4n) is 3.94. The molecule has 2 aliphatic rings. The highest BCUT2D eigenvalue weighted by atomic mass is 16.3. The van der Waals surface area contributed by atoms with Crippen molar-refractivity contribution in [2.24, 2.45) is 22.2 Å². The molecule has 0 spiro atoms. The Morgan fingerprint density at radius 2 is 1.88 bits per heavy atom. The van der Waals surface area contributed by atoms with Gasteiger partial charge in [-0.05, 0) is 54.3 Å². The predicted molar refractivity (Wildman–Crippen MR) is 68.3 cm³/mol. The standard InChI is InChI=1S/C15H28O/c1-5-15(11-16)10-12(15)9-14(4)8-6-7-13(14,2)3/h12,16H,5-11H2,1-4H3. The van der Waals surface area contributed by atoms with Crippen LogP contribution in [0.3, 0.4) is 0 Å². The average Bonchev–Trinajstić information content (AvgIpc) is 2.84. The van der Waals surface area contributed by atoms with E-state index in [2.05, 4.69) is 27.7 Å². The van der Waals surface area contributed by atoms with E-state index in [1.54, 1.807) is 0 Å². The Morgan fingerprint density at radius 3 is 2.25 bits per heavy atom. The quantitative estimate of drug-likeness (QED) is 0.765. The third kappa shape index (κ3) is 1.72. The lowest BCUT2D eigenvalue weighted by atomic mass is 9.66. The van der Waals surface area contributed by atoms with Crippen LogP contribution >= 0.6 is 0 Å². The Labute approximate surface area is 101 Å². The lowest BCUT2D eigenvalue weighted by Gasteiger charge is -2.39. The SMILES string of the molecule is CCC1(CO)CC1CC1(C)CCCC1(C)C. The minimum absolute atomic E-state index is 0.307. The first kappa shape index (κ1) is 12.4. The summed E-state index contributed by atoms with van der Waals surface area (Å²) in [6.07, 6.45) is 7.94. The van der Waals surface area contributed by atoms with Crippen LogP contribution in [-0.4, -0.2) is 11.7 Å². The van der Waals surface area contributed by atoms with Crippen LogP contribution in [0.4, 0.5) is 0 Å². The third-order valence-electron chi connectivity index (χ3n) is 6.24. The van der Waals surface area contributed by atoms with Crippen molar-refractivity contribution in [1.82, 2.24) is 0 Å². The van der Waals surface area contributed by atoms with Gasteiger partial charge in [0, 0.05) is 6.61 Å². The van der Waals surface area contributed by atoms with Gasteiger partial charge in [-0.3, -0.25) is 0 Å². The minimum Gasteiger partial charge on any atom is -0.396 e. The first-order chi connectivity index (χ1) is 7.39. The van der Waals surface area contributed by atoms with Gasteiger partial charge in [-0.25, -0.2) is 0 Å². The zero-order valence-corrected chi connectivity index (χ0v) is 11.5. The molecule has 0 aromatic carbocycles. The van der Waals surface area contributed by atoms with E-state index in [1.807, 2.05) is 0 Å². The highest BCUT2D eigenvalue weighted by Gasteiger charge is 2.56. The topological polar surface area (TPSA) is 20.2 Å². The van der Waals surface area contributed by atoms with Crippen LogP contribution in [0.1, 0.15) is 66.2 Å². The van der Waals surface area contributed by atoms with E-state index in [0.29, 0.717) is 22.9 Å². The van der Waals surface area contributed by atoms with Gasteiger partial charge in [0.2, 0.25) is 0 Å². The fourth-order valence-corrected chi connectivity index (χ4v) is 3.94. The Hall–Kier alpha value is -0.0400. The maximum absolute atomic E-state index is 9.51. The monoisotopic (exact) mass is 224 g/mol. The van der Waals surface area contributed by atoms with E-state index >= 15 is 0 Å². The van der Waals surface area contributed by atoms with Crippen molar-refractivity contribution in [1.29, 1.82) is 0 Å². The summed E-state index contributed by atoms with van der Waals surface area (Å²) in [7, 11) is 0. The second kappa shape index (κ2) is 3.73. The predicted octanol–water partition coefficient (Wildman–Crippen LogP) is 4.00. The Morgan fingerprint density at radius 1 is 1.19 bits per heavy atom. The first-order valence-corrected chi connectivity index (χ1v) is 7.00. The van der Waals surface area contributed by atoms with Crippen LogP contribution in [0.15, 0.2) is 0 Å². The molecule has 2 aliphatic carbocycles. The Kier molecular flexibility index (Phi) is 2.89. The van der Waals surface area contributed by atoms with Crippen LogP contribution in [0, 0.1) is 22.2 Å². The molecular weight excluding hydrogens is 196 g/mol. The molecule has 3 atom stereocenters. The Balaban J connectivity index is 2.01. The molecule has 1 heteroatoms. The molecule has 1 nitrogen and oxygen atoms in total. The van der Waals surface area contributed by atoms with Gasteiger partial charge in [0.05, 0.1) is 0 Å². The zero-order chi connectivity index (χ0) is 12.0. The summed E-state index contributed by atoms with van der Waals surface area (Å²) in [5.41, 5.74) is 1.33. The maximum atomic E-state index is 9.51. The van der Waals surface area contributed by atoms with E-state index in [4.69, 9.17) is 0 Å². The summed E-state index contributed by atoms with van der Waals surface area (Å²) >= 11 is 0. The highest BCUT2D eigenvalue weighted by Crippen LogP contribution is 2.64. The van der Waals surface area contributed by atoms with E-state index in [1.165, 1.54) is 32.1 Å². The molecule has 0 bridgehead atoms. The number of hydrogen-bond donors (Lipinski definition) is 1. The molecule has 0 aromatic heterocycles. The number of rotatable bonds is 4. The summed E-state index contributed by atoms with van der Waals surface area (Å²) in [5.74, 6) is 0.796. The Bertz CT molecular complexity index is 265. The lowest BCUT2D eigenvalue weighted by molar-refractivity contribution is 0.0960. The van der Waals surface area contributed by atoms with Gasteiger partial charge in [0.15, 0.2) is 0 Å². The summed E-state index contributed by atoms with van der Waals surface area (Å²) in [4.78, 5) is 0. The molecule has 2 fully saturated rings. The normalized spacial score (nSPS) is 45.9. The fraction of sp³-hybridized carbons (Fsp3) is 1.00. The van der Waals surface area contributed by atoms with Crippen LogP contribution in [0.25, 0.3) is 0 Å². The van der Waals surface area contributed by atoms with Crippen molar-refractivity contribution in [2.45, 2.75) is 66.2 Å². The van der Waals surface area contributed by atoms with Gasteiger partial charge < -0.3 is 5.11 Å². The van der Waals surface area contributed by atoms with Crippen molar-refractivity contribution in [2.75, 3.05) is 6.61 Å². The second-order valence-corrected chi connectivity index (χ2v) is 7.28. The van der Waals surface area contributed by atoms with E-state index < -0.39 is 0 Å². The molecule has 0 heterocycles. The van der Waals surface area contributed by atoms with E-state index in [9.17, 15) is 5.11 Å². The largest absolute Gasteiger partial charge is 0.396 e. The molecule has 2 rings (SSSR count). The van der Waals surface area contributed by atoms with Crippen molar-refractivity contribution in [3.05, 3.63) is 0 Å². The second-order valence-electron chi connectivity index (χ2n) is 7.28. The van der Waals surface area contributed by atoms with Crippen LogP contribution < -0.4 is 0 Å². The van der Waals surface area contributed by atoms with Crippen molar-refractivity contribution in [3.63, 3.8) is 0 Å². The molecule has 0 amide bonds. The average molecular weight is 224 g/mol. The molecule has 1 N–H and O–H groups in total. The number of aliphatic hydroxyl groups is 1. The molecular formula is C15H28O. The van der Waals surface area contributed by atoms with E-state index in [-0.39, 0.29) is 0 Å². The van der Waals surface area contributed by atoms with Gasteiger partial charge in [-0.1, -0.05) is 34.1 Å². The molecule has 0 aromatic rings.